The van der Waals surface area contributed by atoms with Crippen molar-refractivity contribution in [3.63, 3.8) is 0 Å². The number of benzene rings is 1. The largest absolute Gasteiger partial charge is 0.504 e. The number of carbonyl (C=O) groups excluding carboxylic acids is 1. The van der Waals surface area contributed by atoms with Crippen LogP contribution in [-0.4, -0.2) is 34.7 Å². The zero-order valence-electron chi connectivity index (χ0n) is 11.3. The first-order valence-electron chi connectivity index (χ1n) is 6.28. The highest BCUT2D eigenvalue weighted by Crippen LogP contribution is 2.27. The standard InChI is InChI=1S/C14H16N2O3S/c1-3-6-16-13(18)10(15-14(16)20)7-9-4-5-11(17)12(8-9)19-2/h4-5,7-8,17H,3,6H2,1-2H3,(H,15,20)/b10-7-. The molecule has 0 atom stereocenters. The van der Waals surface area contributed by atoms with Gasteiger partial charge in [-0.15, -0.1) is 0 Å². The second-order valence-electron chi connectivity index (χ2n) is 4.38. The lowest BCUT2D eigenvalue weighted by molar-refractivity contribution is -0.122. The van der Waals surface area contributed by atoms with Crippen LogP contribution in [0, 0.1) is 0 Å². The molecule has 0 aliphatic carbocycles. The maximum atomic E-state index is 12.2. The number of carbonyl (C=O) groups is 1. The van der Waals surface area contributed by atoms with Crippen LogP contribution in [0.2, 0.25) is 0 Å². The monoisotopic (exact) mass is 292 g/mol. The van der Waals surface area contributed by atoms with Crippen LogP contribution < -0.4 is 10.1 Å². The van der Waals surface area contributed by atoms with E-state index in [1.165, 1.54) is 13.2 Å². The summed E-state index contributed by atoms with van der Waals surface area (Å²) < 4.78 is 5.04. The van der Waals surface area contributed by atoms with E-state index in [0.29, 0.717) is 23.1 Å². The molecular formula is C14H16N2O3S. The third-order valence-corrected chi connectivity index (χ3v) is 3.25. The van der Waals surface area contributed by atoms with Crippen molar-refractivity contribution in [2.45, 2.75) is 13.3 Å². The molecule has 1 aromatic rings. The minimum absolute atomic E-state index is 0.0588. The Morgan fingerprint density at radius 1 is 1.50 bits per heavy atom. The zero-order chi connectivity index (χ0) is 14.7. The van der Waals surface area contributed by atoms with Gasteiger partial charge in [-0.2, -0.15) is 0 Å². The molecule has 1 amide bonds. The number of nitrogens with one attached hydrogen (secondary N) is 1. The number of thiocarbonyl (C=S) groups is 1. The van der Waals surface area contributed by atoms with E-state index in [0.717, 1.165) is 12.0 Å². The second kappa shape index (κ2) is 5.92. The number of aromatic hydroxyl groups is 1. The normalized spacial score (nSPS) is 16.7. The molecule has 20 heavy (non-hydrogen) atoms. The van der Waals surface area contributed by atoms with Crippen molar-refractivity contribution in [1.82, 2.24) is 10.2 Å². The van der Waals surface area contributed by atoms with E-state index in [2.05, 4.69) is 5.32 Å². The average molecular weight is 292 g/mol. The molecular weight excluding hydrogens is 276 g/mol. The molecule has 0 radical (unpaired) electrons. The first kappa shape index (κ1) is 14.3. The lowest BCUT2D eigenvalue weighted by Gasteiger charge is -2.11. The molecule has 0 saturated carbocycles. The van der Waals surface area contributed by atoms with Crippen molar-refractivity contribution in [1.29, 1.82) is 0 Å². The Hall–Kier alpha value is -2.08. The molecule has 1 aliphatic rings. The molecule has 0 bridgehead atoms. The molecule has 0 spiro atoms. The van der Waals surface area contributed by atoms with Crippen molar-refractivity contribution in [3.8, 4) is 11.5 Å². The van der Waals surface area contributed by atoms with Crippen molar-refractivity contribution in [2.75, 3.05) is 13.7 Å². The first-order chi connectivity index (χ1) is 9.56. The Balaban J connectivity index is 2.28. The van der Waals surface area contributed by atoms with Gasteiger partial charge >= 0.3 is 0 Å². The van der Waals surface area contributed by atoms with Crippen molar-refractivity contribution >= 4 is 29.3 Å². The summed E-state index contributed by atoms with van der Waals surface area (Å²) in [6, 6.07) is 4.88. The van der Waals surface area contributed by atoms with Crippen molar-refractivity contribution < 1.29 is 14.6 Å². The van der Waals surface area contributed by atoms with E-state index in [9.17, 15) is 9.90 Å². The van der Waals surface area contributed by atoms with Gasteiger partial charge in [0.1, 0.15) is 5.70 Å². The van der Waals surface area contributed by atoms with Crippen LogP contribution in [0.1, 0.15) is 18.9 Å². The Bertz CT molecular complexity index is 584. The summed E-state index contributed by atoms with van der Waals surface area (Å²) in [6.45, 7) is 2.59. The number of phenols is 1. The van der Waals surface area contributed by atoms with Crippen molar-refractivity contribution in [3.05, 3.63) is 29.5 Å². The van der Waals surface area contributed by atoms with Crippen molar-refractivity contribution in [2.24, 2.45) is 0 Å². The summed E-state index contributed by atoms with van der Waals surface area (Å²) >= 11 is 5.13. The van der Waals surface area contributed by atoms with Gasteiger partial charge in [0, 0.05) is 6.54 Å². The van der Waals surface area contributed by atoms with Crippen LogP contribution in [0.25, 0.3) is 6.08 Å². The SMILES string of the molecule is CCCN1C(=O)/C(=C/c2ccc(O)c(OC)c2)NC1=S. The molecule has 2 N–H and O–H groups in total. The fourth-order valence-electron chi connectivity index (χ4n) is 1.95. The number of amides is 1. The van der Waals surface area contributed by atoms with Crippen LogP contribution in [0.5, 0.6) is 11.5 Å². The molecule has 2 rings (SSSR count). The maximum Gasteiger partial charge on any atom is 0.276 e. The van der Waals surface area contributed by atoms with Crippen LogP contribution in [0.15, 0.2) is 23.9 Å². The smallest absolute Gasteiger partial charge is 0.276 e. The van der Waals surface area contributed by atoms with Gasteiger partial charge in [-0.1, -0.05) is 13.0 Å². The quantitative estimate of drug-likeness (QED) is 0.655. The Morgan fingerprint density at radius 3 is 2.90 bits per heavy atom. The Labute approximate surface area is 122 Å². The number of hydrogen-bond donors (Lipinski definition) is 2. The number of nitrogens with zero attached hydrogens (tertiary/aromatic N) is 1. The highest BCUT2D eigenvalue weighted by molar-refractivity contribution is 7.80. The van der Waals surface area contributed by atoms with Gasteiger partial charge in [0.2, 0.25) is 0 Å². The van der Waals surface area contributed by atoms with E-state index in [1.807, 2.05) is 6.92 Å². The van der Waals surface area contributed by atoms with E-state index in [-0.39, 0.29) is 11.7 Å². The first-order valence-corrected chi connectivity index (χ1v) is 6.69. The van der Waals surface area contributed by atoms with E-state index in [1.54, 1.807) is 23.1 Å². The Kier molecular flexibility index (Phi) is 4.24. The molecule has 1 fully saturated rings. The fourth-order valence-corrected chi connectivity index (χ4v) is 2.23. The molecule has 5 nitrogen and oxygen atoms in total. The summed E-state index contributed by atoms with van der Waals surface area (Å²) in [5, 5.41) is 12.9. The molecule has 0 aromatic heterocycles. The van der Waals surface area contributed by atoms with Gasteiger partial charge in [-0.3, -0.25) is 9.69 Å². The van der Waals surface area contributed by atoms with Crippen LogP contribution in [0.3, 0.4) is 0 Å². The third-order valence-electron chi connectivity index (χ3n) is 2.92. The van der Waals surface area contributed by atoms with E-state index >= 15 is 0 Å². The zero-order valence-corrected chi connectivity index (χ0v) is 12.2. The van der Waals surface area contributed by atoms with Gasteiger partial charge < -0.3 is 15.2 Å². The van der Waals surface area contributed by atoms with Crippen LogP contribution in [-0.2, 0) is 4.79 Å². The highest BCUT2D eigenvalue weighted by atomic mass is 32.1. The topological polar surface area (TPSA) is 61.8 Å². The number of ether oxygens (including phenoxy) is 1. The number of hydrogen-bond acceptors (Lipinski definition) is 4. The fraction of sp³-hybridized carbons (Fsp3) is 0.286. The summed E-state index contributed by atoms with van der Waals surface area (Å²) in [6.07, 6.45) is 2.53. The summed E-state index contributed by atoms with van der Waals surface area (Å²) in [4.78, 5) is 13.7. The third kappa shape index (κ3) is 2.75. The lowest BCUT2D eigenvalue weighted by Crippen LogP contribution is -2.31. The average Bonchev–Trinajstić information content (AvgIpc) is 2.69. The summed E-state index contributed by atoms with van der Waals surface area (Å²) in [7, 11) is 1.48. The number of phenolic OH excluding ortho intramolecular Hbond substituents is 1. The molecule has 1 heterocycles. The van der Waals surface area contributed by atoms with Gasteiger partial charge in [0.25, 0.3) is 5.91 Å². The molecule has 1 aromatic carbocycles. The lowest BCUT2D eigenvalue weighted by atomic mass is 10.1. The molecule has 0 unspecified atom stereocenters. The molecule has 1 aliphatic heterocycles. The van der Waals surface area contributed by atoms with Gasteiger partial charge in [0.05, 0.1) is 7.11 Å². The second-order valence-corrected chi connectivity index (χ2v) is 4.76. The van der Waals surface area contributed by atoms with E-state index in [4.69, 9.17) is 17.0 Å². The number of rotatable bonds is 4. The minimum atomic E-state index is -0.135. The highest BCUT2D eigenvalue weighted by Gasteiger charge is 2.29. The summed E-state index contributed by atoms with van der Waals surface area (Å²) in [5.74, 6) is 0.283. The molecule has 106 valence electrons. The van der Waals surface area contributed by atoms with Gasteiger partial charge in [0.15, 0.2) is 16.6 Å². The predicted molar refractivity (Wildman–Crippen MR) is 80.4 cm³/mol. The van der Waals surface area contributed by atoms with Crippen LogP contribution >= 0.6 is 12.2 Å². The summed E-state index contributed by atoms with van der Waals surface area (Å²) in [5.41, 5.74) is 1.17. The predicted octanol–water partition coefficient (Wildman–Crippen LogP) is 1.87. The van der Waals surface area contributed by atoms with E-state index < -0.39 is 0 Å². The van der Waals surface area contributed by atoms with Crippen LogP contribution in [0.4, 0.5) is 0 Å². The maximum absolute atomic E-state index is 12.2. The minimum Gasteiger partial charge on any atom is -0.504 e. The van der Waals surface area contributed by atoms with Gasteiger partial charge in [-0.05, 0) is 42.4 Å². The Morgan fingerprint density at radius 2 is 2.25 bits per heavy atom. The molecule has 1 saturated heterocycles. The number of methoxy groups -OCH3 is 1. The van der Waals surface area contributed by atoms with Gasteiger partial charge in [-0.25, -0.2) is 0 Å². The molecule has 6 heteroatoms.